The second-order valence-corrected chi connectivity index (χ2v) is 5.59. The molecule has 0 aliphatic heterocycles. The number of nitrogens with one attached hydrogen (secondary N) is 1. The lowest BCUT2D eigenvalue weighted by Crippen LogP contribution is -2.27. The summed E-state index contributed by atoms with van der Waals surface area (Å²) in [7, 11) is 2.17. The minimum atomic E-state index is 0.447. The summed E-state index contributed by atoms with van der Waals surface area (Å²) >= 11 is 4.93. The number of rotatable bonds is 8. The zero-order chi connectivity index (χ0) is 14.3. The number of thiocarbonyl (C=S) groups is 1. The lowest BCUT2D eigenvalue weighted by atomic mass is 10.2. The van der Waals surface area contributed by atoms with Crippen molar-refractivity contribution in [2.45, 2.75) is 32.7 Å². The smallest absolute Gasteiger partial charge is 0.103 e. The van der Waals surface area contributed by atoms with Crippen molar-refractivity contribution >= 4 is 22.9 Å². The standard InChI is InChI=1S/C15H25N3S/c1-12(2)18(3)11-5-4-10-17-14-8-6-13(7-9-14)15(16)19/h6-9,12,17H,4-5,10-11H2,1-3H3,(H2,16,19). The van der Waals surface area contributed by atoms with E-state index >= 15 is 0 Å². The monoisotopic (exact) mass is 279 g/mol. The van der Waals surface area contributed by atoms with Crippen LogP contribution in [0.3, 0.4) is 0 Å². The van der Waals surface area contributed by atoms with E-state index in [0.29, 0.717) is 11.0 Å². The first kappa shape index (κ1) is 15.9. The molecule has 0 bridgehead atoms. The zero-order valence-corrected chi connectivity index (χ0v) is 13.0. The minimum Gasteiger partial charge on any atom is -0.389 e. The van der Waals surface area contributed by atoms with Crippen LogP contribution in [0, 0.1) is 0 Å². The molecule has 3 N–H and O–H groups in total. The summed E-state index contributed by atoms with van der Waals surface area (Å²) < 4.78 is 0. The van der Waals surface area contributed by atoms with E-state index in [0.717, 1.165) is 24.3 Å². The van der Waals surface area contributed by atoms with Crippen molar-refractivity contribution in [3.8, 4) is 0 Å². The van der Waals surface area contributed by atoms with Crippen molar-refractivity contribution in [3.63, 3.8) is 0 Å². The Morgan fingerprint density at radius 3 is 2.42 bits per heavy atom. The molecule has 0 spiro atoms. The molecule has 106 valence electrons. The van der Waals surface area contributed by atoms with Gasteiger partial charge in [-0.2, -0.15) is 0 Å². The first-order valence-corrected chi connectivity index (χ1v) is 7.25. The van der Waals surface area contributed by atoms with Crippen molar-refractivity contribution in [2.24, 2.45) is 5.73 Å². The van der Waals surface area contributed by atoms with Crippen LogP contribution >= 0.6 is 12.2 Å². The lowest BCUT2D eigenvalue weighted by Gasteiger charge is -2.20. The molecule has 1 aromatic carbocycles. The van der Waals surface area contributed by atoms with Gasteiger partial charge in [0.25, 0.3) is 0 Å². The Labute approximate surface area is 122 Å². The average molecular weight is 279 g/mol. The number of nitrogens with zero attached hydrogens (tertiary/aromatic N) is 1. The van der Waals surface area contributed by atoms with E-state index in [1.165, 1.54) is 12.8 Å². The largest absolute Gasteiger partial charge is 0.389 e. The Morgan fingerprint density at radius 2 is 1.89 bits per heavy atom. The van der Waals surface area contributed by atoms with Gasteiger partial charge in [-0.25, -0.2) is 0 Å². The SMILES string of the molecule is CC(C)N(C)CCCCNc1ccc(C(N)=S)cc1. The van der Waals surface area contributed by atoms with Crippen LogP contribution in [0.25, 0.3) is 0 Å². The van der Waals surface area contributed by atoms with Gasteiger partial charge in [0.15, 0.2) is 0 Å². The molecule has 0 atom stereocenters. The molecule has 0 aliphatic rings. The average Bonchev–Trinajstić information content (AvgIpc) is 2.38. The van der Waals surface area contributed by atoms with Crippen LogP contribution in [0.1, 0.15) is 32.3 Å². The summed E-state index contributed by atoms with van der Waals surface area (Å²) in [5.74, 6) is 0. The van der Waals surface area contributed by atoms with Gasteiger partial charge in [0.05, 0.1) is 0 Å². The lowest BCUT2D eigenvalue weighted by molar-refractivity contribution is 0.269. The van der Waals surface area contributed by atoms with Gasteiger partial charge in [-0.15, -0.1) is 0 Å². The topological polar surface area (TPSA) is 41.3 Å². The van der Waals surface area contributed by atoms with Gasteiger partial charge in [0.1, 0.15) is 4.99 Å². The summed E-state index contributed by atoms with van der Waals surface area (Å²) in [6.45, 7) is 6.60. The van der Waals surface area contributed by atoms with Crippen LogP contribution in [0.5, 0.6) is 0 Å². The van der Waals surface area contributed by atoms with Crippen LogP contribution in [-0.2, 0) is 0 Å². The van der Waals surface area contributed by atoms with E-state index in [9.17, 15) is 0 Å². The highest BCUT2D eigenvalue weighted by molar-refractivity contribution is 7.80. The molecule has 0 unspecified atom stereocenters. The van der Waals surface area contributed by atoms with Gasteiger partial charge >= 0.3 is 0 Å². The number of benzene rings is 1. The van der Waals surface area contributed by atoms with E-state index in [1.54, 1.807) is 0 Å². The summed E-state index contributed by atoms with van der Waals surface area (Å²) in [6.07, 6.45) is 2.39. The molecule has 0 saturated carbocycles. The Hall–Kier alpha value is -1.13. The number of hydrogen-bond donors (Lipinski definition) is 2. The van der Waals surface area contributed by atoms with Crippen molar-refractivity contribution in [1.82, 2.24) is 4.90 Å². The Bertz CT molecular complexity index is 387. The number of nitrogens with two attached hydrogens (primary N) is 1. The summed E-state index contributed by atoms with van der Waals surface area (Å²) in [5.41, 5.74) is 7.60. The zero-order valence-electron chi connectivity index (χ0n) is 12.1. The highest BCUT2D eigenvalue weighted by atomic mass is 32.1. The predicted molar refractivity (Wildman–Crippen MR) is 87.8 cm³/mol. The van der Waals surface area contributed by atoms with Crippen LogP contribution in [0.2, 0.25) is 0 Å². The molecule has 0 radical (unpaired) electrons. The second kappa shape index (κ2) is 8.12. The third-order valence-electron chi connectivity index (χ3n) is 3.32. The summed E-state index contributed by atoms with van der Waals surface area (Å²) in [4.78, 5) is 2.82. The molecular formula is C15H25N3S. The molecule has 19 heavy (non-hydrogen) atoms. The predicted octanol–water partition coefficient (Wildman–Crippen LogP) is 2.85. The molecule has 3 nitrogen and oxygen atoms in total. The maximum atomic E-state index is 5.56. The Kier molecular flexibility index (Phi) is 6.81. The fourth-order valence-electron chi connectivity index (χ4n) is 1.73. The molecule has 0 amide bonds. The quantitative estimate of drug-likeness (QED) is 0.567. The Morgan fingerprint density at radius 1 is 1.26 bits per heavy atom. The van der Waals surface area contributed by atoms with Gasteiger partial charge in [-0.05, 0) is 64.5 Å². The maximum absolute atomic E-state index is 5.56. The molecule has 0 saturated heterocycles. The van der Waals surface area contributed by atoms with Crippen LogP contribution in [0.15, 0.2) is 24.3 Å². The molecule has 1 rings (SSSR count). The van der Waals surface area contributed by atoms with Crippen molar-refractivity contribution < 1.29 is 0 Å². The highest BCUT2D eigenvalue weighted by Gasteiger charge is 2.01. The van der Waals surface area contributed by atoms with Gasteiger partial charge < -0.3 is 16.0 Å². The normalized spacial score (nSPS) is 11.0. The third-order valence-corrected chi connectivity index (χ3v) is 3.55. The van der Waals surface area contributed by atoms with Gasteiger partial charge in [-0.3, -0.25) is 0 Å². The van der Waals surface area contributed by atoms with Crippen molar-refractivity contribution in [2.75, 3.05) is 25.5 Å². The molecule has 0 aromatic heterocycles. The van der Waals surface area contributed by atoms with Gasteiger partial charge in [0.2, 0.25) is 0 Å². The number of anilines is 1. The summed E-state index contributed by atoms with van der Waals surface area (Å²) in [6, 6.07) is 8.58. The number of unbranched alkanes of at least 4 members (excludes halogenated alkanes) is 1. The van der Waals surface area contributed by atoms with E-state index in [4.69, 9.17) is 18.0 Å². The second-order valence-electron chi connectivity index (χ2n) is 5.15. The fourth-order valence-corrected chi connectivity index (χ4v) is 1.87. The first-order valence-electron chi connectivity index (χ1n) is 6.84. The van der Waals surface area contributed by atoms with E-state index < -0.39 is 0 Å². The molecular weight excluding hydrogens is 254 g/mol. The molecule has 0 fully saturated rings. The van der Waals surface area contributed by atoms with Gasteiger partial charge in [-0.1, -0.05) is 12.2 Å². The molecule has 0 heterocycles. The summed E-state index contributed by atoms with van der Waals surface area (Å²) in [5, 5.41) is 3.41. The first-order chi connectivity index (χ1) is 9.00. The Balaban J connectivity index is 2.21. The van der Waals surface area contributed by atoms with Crippen molar-refractivity contribution in [1.29, 1.82) is 0 Å². The molecule has 0 aliphatic carbocycles. The molecule has 4 heteroatoms. The van der Waals surface area contributed by atoms with Crippen molar-refractivity contribution in [3.05, 3.63) is 29.8 Å². The van der Waals surface area contributed by atoms with Gasteiger partial charge in [0, 0.05) is 23.8 Å². The van der Waals surface area contributed by atoms with Crippen LogP contribution in [-0.4, -0.2) is 36.1 Å². The van der Waals surface area contributed by atoms with E-state index in [1.807, 2.05) is 24.3 Å². The maximum Gasteiger partial charge on any atom is 0.103 e. The van der Waals surface area contributed by atoms with E-state index in [2.05, 4.69) is 31.1 Å². The third kappa shape index (κ3) is 6.03. The van der Waals surface area contributed by atoms with E-state index in [-0.39, 0.29) is 0 Å². The van der Waals surface area contributed by atoms with Crippen LogP contribution in [0.4, 0.5) is 5.69 Å². The molecule has 1 aromatic rings. The fraction of sp³-hybridized carbons (Fsp3) is 0.533. The number of hydrogen-bond acceptors (Lipinski definition) is 3. The van der Waals surface area contributed by atoms with Crippen LogP contribution < -0.4 is 11.1 Å². The highest BCUT2D eigenvalue weighted by Crippen LogP contribution is 2.09. The minimum absolute atomic E-state index is 0.447.